The standard InChI is InChI=1S/C9H7NO4/c1-10-6-4-2-3-5(8(11)12)7(6)14-9(10)13/h2-4H,1H3,(H,11,12). The van der Waals surface area contributed by atoms with Crippen LogP contribution >= 0.6 is 0 Å². The first-order chi connectivity index (χ1) is 6.61. The molecule has 0 aliphatic heterocycles. The first-order valence-electron chi connectivity index (χ1n) is 3.93. The molecule has 0 aliphatic rings. The molecule has 5 heteroatoms. The van der Waals surface area contributed by atoms with Crippen molar-refractivity contribution < 1.29 is 14.3 Å². The van der Waals surface area contributed by atoms with Crippen LogP contribution in [0.3, 0.4) is 0 Å². The van der Waals surface area contributed by atoms with Crippen molar-refractivity contribution in [3.8, 4) is 0 Å². The van der Waals surface area contributed by atoms with Crippen molar-refractivity contribution in [1.29, 1.82) is 0 Å². The summed E-state index contributed by atoms with van der Waals surface area (Å²) < 4.78 is 6.08. The van der Waals surface area contributed by atoms with Gasteiger partial charge in [-0.3, -0.25) is 4.57 Å². The number of hydrogen-bond acceptors (Lipinski definition) is 3. The zero-order chi connectivity index (χ0) is 10.3. The average Bonchev–Trinajstić information content (AvgIpc) is 2.43. The summed E-state index contributed by atoms with van der Waals surface area (Å²) in [4.78, 5) is 21.9. The molecule has 0 saturated carbocycles. The normalized spacial score (nSPS) is 10.6. The number of aromatic carboxylic acids is 1. The molecular weight excluding hydrogens is 186 g/mol. The van der Waals surface area contributed by atoms with Crippen molar-refractivity contribution in [2.75, 3.05) is 0 Å². The van der Waals surface area contributed by atoms with Gasteiger partial charge < -0.3 is 9.52 Å². The van der Waals surface area contributed by atoms with Crippen LogP contribution in [0, 0.1) is 0 Å². The highest BCUT2D eigenvalue weighted by Gasteiger charge is 2.14. The van der Waals surface area contributed by atoms with E-state index in [9.17, 15) is 9.59 Å². The number of nitrogens with zero attached hydrogens (tertiary/aromatic N) is 1. The Balaban J connectivity index is 2.95. The second-order valence-electron chi connectivity index (χ2n) is 2.89. The van der Waals surface area contributed by atoms with Crippen LogP contribution in [-0.2, 0) is 7.05 Å². The largest absolute Gasteiger partial charge is 0.478 e. The number of carboxylic acids is 1. The minimum atomic E-state index is -1.11. The Bertz CT molecular complexity index is 564. The summed E-state index contributed by atoms with van der Waals surface area (Å²) >= 11 is 0. The van der Waals surface area contributed by atoms with Crippen molar-refractivity contribution in [3.05, 3.63) is 34.3 Å². The van der Waals surface area contributed by atoms with E-state index in [2.05, 4.69) is 0 Å². The predicted octanol–water partition coefficient (Wildman–Crippen LogP) is 0.830. The van der Waals surface area contributed by atoms with Gasteiger partial charge >= 0.3 is 11.7 Å². The summed E-state index contributed by atoms with van der Waals surface area (Å²) in [5, 5.41) is 8.81. The van der Waals surface area contributed by atoms with Crippen LogP contribution < -0.4 is 5.76 Å². The van der Waals surface area contributed by atoms with Crippen molar-refractivity contribution in [2.24, 2.45) is 7.05 Å². The van der Waals surface area contributed by atoms with Crippen LogP contribution in [0.15, 0.2) is 27.4 Å². The van der Waals surface area contributed by atoms with Gasteiger partial charge in [0, 0.05) is 7.05 Å². The first kappa shape index (κ1) is 8.55. The van der Waals surface area contributed by atoms with Gasteiger partial charge in [0.1, 0.15) is 5.56 Å². The molecule has 2 aromatic rings. The molecule has 0 bridgehead atoms. The molecule has 14 heavy (non-hydrogen) atoms. The van der Waals surface area contributed by atoms with Crippen molar-refractivity contribution in [2.45, 2.75) is 0 Å². The second kappa shape index (κ2) is 2.73. The number of oxazole rings is 1. The maximum atomic E-state index is 11.1. The maximum absolute atomic E-state index is 11.1. The molecule has 0 saturated heterocycles. The number of para-hydroxylation sites is 1. The smallest absolute Gasteiger partial charge is 0.419 e. The monoisotopic (exact) mass is 193 g/mol. The number of aromatic nitrogens is 1. The number of benzene rings is 1. The van der Waals surface area contributed by atoms with Crippen LogP contribution in [0.5, 0.6) is 0 Å². The van der Waals surface area contributed by atoms with Gasteiger partial charge in [-0.2, -0.15) is 0 Å². The van der Waals surface area contributed by atoms with Gasteiger partial charge in [-0.15, -0.1) is 0 Å². The third kappa shape index (κ3) is 1.02. The molecular formula is C9H7NO4. The Hall–Kier alpha value is -2.04. The Morgan fingerprint density at radius 3 is 2.86 bits per heavy atom. The van der Waals surface area contributed by atoms with Crippen molar-refractivity contribution in [3.63, 3.8) is 0 Å². The van der Waals surface area contributed by atoms with Gasteiger partial charge in [0.05, 0.1) is 5.52 Å². The third-order valence-corrected chi connectivity index (χ3v) is 2.05. The van der Waals surface area contributed by atoms with Crippen molar-refractivity contribution >= 4 is 17.1 Å². The number of hydrogen-bond donors (Lipinski definition) is 1. The van der Waals surface area contributed by atoms with Gasteiger partial charge in [-0.1, -0.05) is 6.07 Å². The Morgan fingerprint density at radius 2 is 2.21 bits per heavy atom. The molecule has 1 N–H and O–H groups in total. The maximum Gasteiger partial charge on any atom is 0.419 e. The highest BCUT2D eigenvalue weighted by atomic mass is 16.4. The fraction of sp³-hybridized carbons (Fsp3) is 0.111. The highest BCUT2D eigenvalue weighted by molar-refractivity contribution is 5.99. The minimum Gasteiger partial charge on any atom is -0.478 e. The number of rotatable bonds is 1. The van der Waals surface area contributed by atoms with Gasteiger partial charge in [-0.25, -0.2) is 9.59 Å². The number of fused-ring (bicyclic) bond motifs is 1. The molecule has 2 rings (SSSR count). The molecule has 0 aliphatic carbocycles. The van der Waals surface area contributed by atoms with Gasteiger partial charge in [0.15, 0.2) is 5.58 Å². The first-order valence-corrected chi connectivity index (χ1v) is 3.93. The van der Waals surface area contributed by atoms with E-state index in [-0.39, 0.29) is 11.1 Å². The molecule has 0 spiro atoms. The van der Waals surface area contributed by atoms with E-state index < -0.39 is 11.7 Å². The average molecular weight is 193 g/mol. The van der Waals surface area contributed by atoms with E-state index in [1.165, 1.54) is 17.7 Å². The lowest BCUT2D eigenvalue weighted by molar-refractivity contribution is 0.0698. The Labute approximate surface area is 78.2 Å². The molecule has 0 unspecified atom stereocenters. The van der Waals surface area contributed by atoms with Crippen LogP contribution in [0.2, 0.25) is 0 Å². The Kier molecular flexibility index (Phi) is 1.67. The Morgan fingerprint density at radius 1 is 1.50 bits per heavy atom. The molecule has 72 valence electrons. The summed E-state index contributed by atoms with van der Waals surface area (Å²) in [6.07, 6.45) is 0. The minimum absolute atomic E-state index is 0.000185. The highest BCUT2D eigenvalue weighted by Crippen LogP contribution is 2.16. The van der Waals surface area contributed by atoms with Gasteiger partial charge in [0.2, 0.25) is 0 Å². The fourth-order valence-corrected chi connectivity index (χ4v) is 1.32. The summed E-state index contributed by atoms with van der Waals surface area (Å²) in [7, 11) is 1.53. The fourth-order valence-electron chi connectivity index (χ4n) is 1.32. The van der Waals surface area contributed by atoms with Crippen LogP contribution in [-0.4, -0.2) is 15.6 Å². The summed E-state index contributed by atoms with van der Waals surface area (Å²) in [6.45, 7) is 0. The van der Waals surface area contributed by atoms with E-state index in [1.807, 2.05) is 0 Å². The lowest BCUT2D eigenvalue weighted by atomic mass is 10.2. The molecule has 1 heterocycles. The summed E-state index contributed by atoms with van der Waals surface area (Å²) in [5.74, 6) is -1.67. The third-order valence-electron chi connectivity index (χ3n) is 2.05. The zero-order valence-corrected chi connectivity index (χ0v) is 7.35. The molecule has 1 aromatic carbocycles. The lowest BCUT2D eigenvalue weighted by Crippen LogP contribution is -2.08. The van der Waals surface area contributed by atoms with E-state index >= 15 is 0 Å². The number of carboxylic acid groups (broad SMARTS) is 1. The lowest BCUT2D eigenvalue weighted by Gasteiger charge is -1.94. The topological polar surface area (TPSA) is 72.4 Å². The zero-order valence-electron chi connectivity index (χ0n) is 7.35. The number of carbonyl (C=O) groups is 1. The van der Waals surface area contributed by atoms with Crippen LogP contribution in [0.1, 0.15) is 10.4 Å². The molecule has 0 fully saturated rings. The van der Waals surface area contributed by atoms with Crippen LogP contribution in [0.25, 0.3) is 11.1 Å². The summed E-state index contributed by atoms with van der Waals surface area (Å²) in [6, 6.07) is 4.60. The van der Waals surface area contributed by atoms with E-state index in [0.29, 0.717) is 5.52 Å². The summed E-state index contributed by atoms with van der Waals surface area (Å²) in [5.41, 5.74) is 0.600. The SMILES string of the molecule is Cn1c(=O)oc2c(C(=O)O)cccc21. The van der Waals surface area contributed by atoms with Crippen LogP contribution in [0.4, 0.5) is 0 Å². The van der Waals surface area contributed by atoms with Crippen molar-refractivity contribution in [1.82, 2.24) is 4.57 Å². The van der Waals surface area contributed by atoms with Gasteiger partial charge in [-0.05, 0) is 12.1 Å². The molecule has 0 atom stereocenters. The number of aryl methyl sites for hydroxylation is 1. The quantitative estimate of drug-likeness (QED) is 0.728. The molecule has 0 radical (unpaired) electrons. The predicted molar refractivity (Wildman–Crippen MR) is 48.4 cm³/mol. The molecule has 5 nitrogen and oxygen atoms in total. The van der Waals surface area contributed by atoms with Gasteiger partial charge in [0.25, 0.3) is 0 Å². The van der Waals surface area contributed by atoms with E-state index in [0.717, 1.165) is 0 Å². The molecule has 1 aromatic heterocycles. The molecule has 0 amide bonds. The van der Waals surface area contributed by atoms with E-state index in [1.54, 1.807) is 12.1 Å². The second-order valence-corrected chi connectivity index (χ2v) is 2.89. The van der Waals surface area contributed by atoms with E-state index in [4.69, 9.17) is 9.52 Å².